The summed E-state index contributed by atoms with van der Waals surface area (Å²) >= 11 is 0. The summed E-state index contributed by atoms with van der Waals surface area (Å²) < 4.78 is 5.06. The Balaban J connectivity index is 2.26. The van der Waals surface area contributed by atoms with Gasteiger partial charge in [-0.05, 0) is 24.3 Å². The lowest BCUT2D eigenvalue weighted by molar-refractivity contribution is -0.145. The third kappa shape index (κ3) is 5.37. The van der Waals surface area contributed by atoms with Crippen molar-refractivity contribution < 1.29 is 19.4 Å². The zero-order chi connectivity index (χ0) is 16.6. The highest BCUT2D eigenvalue weighted by molar-refractivity contribution is 5.78. The highest BCUT2D eigenvalue weighted by atomic mass is 16.5. The monoisotopic (exact) mass is 308 g/mol. The lowest BCUT2D eigenvalue weighted by atomic mass is 9.83. The molecular weight excluding hydrogens is 284 g/mol. The highest BCUT2D eigenvalue weighted by Gasteiger charge is 2.36. The van der Waals surface area contributed by atoms with Crippen LogP contribution < -0.4 is 11.1 Å². The van der Waals surface area contributed by atoms with Crippen molar-refractivity contribution in [1.29, 1.82) is 0 Å². The number of amides is 1. The van der Waals surface area contributed by atoms with E-state index < -0.39 is 17.6 Å². The average molecular weight is 308 g/mol. The second kappa shape index (κ2) is 8.38. The standard InChI is InChI=1S/C16H24N2O4/c1-12(2)16(17,14(19)20)9-6-10-18-15(21)22-11-13-7-4-3-5-8-13/h3-5,7-8,12H,6,9-11,17H2,1-2H3,(H,18,21)(H,19,20). The van der Waals surface area contributed by atoms with Gasteiger partial charge in [-0.1, -0.05) is 44.2 Å². The van der Waals surface area contributed by atoms with Crippen molar-refractivity contribution in [3.63, 3.8) is 0 Å². The molecule has 0 bridgehead atoms. The third-order valence-corrected chi connectivity index (χ3v) is 3.68. The van der Waals surface area contributed by atoms with E-state index >= 15 is 0 Å². The second-order valence-corrected chi connectivity index (χ2v) is 5.59. The summed E-state index contributed by atoms with van der Waals surface area (Å²) in [6.07, 6.45) is 0.242. The first-order chi connectivity index (χ1) is 10.4. The number of carboxylic acids is 1. The van der Waals surface area contributed by atoms with Crippen LogP contribution in [-0.2, 0) is 16.1 Å². The number of benzene rings is 1. The molecule has 22 heavy (non-hydrogen) atoms. The molecule has 1 unspecified atom stereocenters. The molecule has 1 rings (SSSR count). The van der Waals surface area contributed by atoms with Crippen molar-refractivity contribution in [1.82, 2.24) is 5.32 Å². The van der Waals surface area contributed by atoms with Crippen molar-refractivity contribution in [3.8, 4) is 0 Å². The van der Waals surface area contributed by atoms with Crippen molar-refractivity contribution in [3.05, 3.63) is 35.9 Å². The van der Waals surface area contributed by atoms with Crippen LogP contribution >= 0.6 is 0 Å². The molecule has 6 heteroatoms. The molecule has 0 aliphatic carbocycles. The van der Waals surface area contributed by atoms with Crippen LogP contribution in [0, 0.1) is 5.92 Å². The summed E-state index contributed by atoms with van der Waals surface area (Å²) in [6.45, 7) is 4.08. The van der Waals surface area contributed by atoms with Crippen LogP contribution in [0.1, 0.15) is 32.3 Å². The minimum Gasteiger partial charge on any atom is -0.480 e. The lowest BCUT2D eigenvalue weighted by Gasteiger charge is -2.28. The molecule has 1 amide bonds. The fraction of sp³-hybridized carbons (Fsp3) is 0.500. The Kier molecular flexibility index (Phi) is 6.85. The Morgan fingerprint density at radius 1 is 1.32 bits per heavy atom. The highest BCUT2D eigenvalue weighted by Crippen LogP contribution is 2.20. The molecule has 4 N–H and O–H groups in total. The number of rotatable bonds is 8. The smallest absolute Gasteiger partial charge is 0.407 e. The molecule has 6 nitrogen and oxygen atoms in total. The quantitative estimate of drug-likeness (QED) is 0.639. The van der Waals surface area contributed by atoms with Gasteiger partial charge < -0.3 is 20.9 Å². The van der Waals surface area contributed by atoms with Crippen LogP contribution in [0.3, 0.4) is 0 Å². The zero-order valence-electron chi connectivity index (χ0n) is 13.0. The number of hydrogen-bond donors (Lipinski definition) is 3. The molecule has 0 aromatic heterocycles. The van der Waals surface area contributed by atoms with Crippen molar-refractivity contribution in [2.24, 2.45) is 11.7 Å². The maximum absolute atomic E-state index is 11.5. The van der Waals surface area contributed by atoms with Gasteiger partial charge in [0.2, 0.25) is 0 Å². The summed E-state index contributed by atoms with van der Waals surface area (Å²) in [4.78, 5) is 22.7. The number of ether oxygens (including phenoxy) is 1. The lowest BCUT2D eigenvalue weighted by Crippen LogP contribution is -2.52. The molecule has 0 fully saturated rings. The van der Waals surface area contributed by atoms with Gasteiger partial charge in [-0.25, -0.2) is 4.79 Å². The SMILES string of the molecule is CC(C)C(N)(CCCNC(=O)OCc1ccccc1)C(=O)O. The maximum Gasteiger partial charge on any atom is 0.407 e. The fourth-order valence-electron chi connectivity index (χ4n) is 1.99. The number of alkyl carbamates (subject to hydrolysis) is 1. The van der Waals surface area contributed by atoms with Gasteiger partial charge in [-0.2, -0.15) is 0 Å². The maximum atomic E-state index is 11.5. The van der Waals surface area contributed by atoms with Gasteiger partial charge in [-0.3, -0.25) is 4.79 Å². The van der Waals surface area contributed by atoms with E-state index in [-0.39, 0.29) is 12.5 Å². The number of nitrogens with one attached hydrogen (secondary N) is 1. The number of carbonyl (C=O) groups is 2. The summed E-state index contributed by atoms with van der Waals surface area (Å²) in [7, 11) is 0. The number of carbonyl (C=O) groups excluding carboxylic acids is 1. The van der Waals surface area contributed by atoms with Crippen molar-refractivity contribution in [2.75, 3.05) is 6.54 Å². The minimum absolute atomic E-state index is 0.185. The van der Waals surface area contributed by atoms with Gasteiger partial charge in [0.15, 0.2) is 0 Å². The van der Waals surface area contributed by atoms with Gasteiger partial charge in [0.25, 0.3) is 0 Å². The van der Waals surface area contributed by atoms with E-state index in [4.69, 9.17) is 10.5 Å². The van der Waals surface area contributed by atoms with Crippen LogP contribution in [0.5, 0.6) is 0 Å². The topological polar surface area (TPSA) is 102 Å². The van der Waals surface area contributed by atoms with Gasteiger partial charge >= 0.3 is 12.1 Å². The Bertz CT molecular complexity index is 490. The van der Waals surface area contributed by atoms with Crippen LogP contribution in [0.25, 0.3) is 0 Å². The molecule has 1 aromatic carbocycles. The van der Waals surface area contributed by atoms with E-state index in [2.05, 4.69) is 5.32 Å². The van der Waals surface area contributed by atoms with Crippen LogP contribution in [0.15, 0.2) is 30.3 Å². The average Bonchev–Trinajstić information content (AvgIpc) is 2.49. The molecule has 0 aliphatic rings. The zero-order valence-corrected chi connectivity index (χ0v) is 13.0. The third-order valence-electron chi connectivity index (χ3n) is 3.68. The van der Waals surface area contributed by atoms with Crippen LogP contribution in [0.4, 0.5) is 4.79 Å². The number of carboxylic acid groups (broad SMARTS) is 1. The molecule has 0 saturated heterocycles. The molecule has 0 spiro atoms. The first-order valence-electron chi connectivity index (χ1n) is 7.33. The number of aliphatic carboxylic acids is 1. The molecule has 0 heterocycles. The normalized spacial score (nSPS) is 13.5. The fourth-order valence-corrected chi connectivity index (χ4v) is 1.99. The van der Waals surface area contributed by atoms with Crippen LogP contribution in [-0.4, -0.2) is 29.3 Å². The van der Waals surface area contributed by atoms with Crippen LogP contribution in [0.2, 0.25) is 0 Å². The van der Waals surface area contributed by atoms with E-state index in [1.807, 2.05) is 30.3 Å². The second-order valence-electron chi connectivity index (χ2n) is 5.59. The Morgan fingerprint density at radius 3 is 2.50 bits per heavy atom. The molecule has 122 valence electrons. The molecule has 0 radical (unpaired) electrons. The predicted molar refractivity (Wildman–Crippen MR) is 83.3 cm³/mol. The Hall–Kier alpha value is -2.08. The summed E-state index contributed by atoms with van der Waals surface area (Å²) in [5.74, 6) is -1.20. The first-order valence-corrected chi connectivity index (χ1v) is 7.33. The summed E-state index contributed by atoms with van der Waals surface area (Å²) in [6, 6.07) is 9.36. The predicted octanol–water partition coefficient (Wildman–Crippen LogP) is 2.13. The Morgan fingerprint density at radius 2 is 1.95 bits per heavy atom. The minimum atomic E-state index is -1.27. The molecular formula is C16H24N2O4. The number of hydrogen-bond acceptors (Lipinski definition) is 4. The molecule has 1 aromatic rings. The molecule has 1 atom stereocenters. The van der Waals surface area contributed by atoms with E-state index in [0.29, 0.717) is 19.4 Å². The first kappa shape index (κ1) is 18.0. The summed E-state index contributed by atoms with van der Waals surface area (Å²) in [5, 5.41) is 11.8. The van der Waals surface area contributed by atoms with E-state index in [1.165, 1.54) is 0 Å². The van der Waals surface area contributed by atoms with Gasteiger partial charge in [0, 0.05) is 6.54 Å². The van der Waals surface area contributed by atoms with Gasteiger partial charge in [0.05, 0.1) is 0 Å². The molecule has 0 saturated carbocycles. The van der Waals surface area contributed by atoms with E-state index in [1.54, 1.807) is 13.8 Å². The van der Waals surface area contributed by atoms with Crippen molar-refractivity contribution in [2.45, 2.75) is 38.8 Å². The molecule has 0 aliphatic heterocycles. The van der Waals surface area contributed by atoms with E-state index in [0.717, 1.165) is 5.56 Å². The van der Waals surface area contributed by atoms with E-state index in [9.17, 15) is 14.7 Å². The van der Waals surface area contributed by atoms with Gasteiger partial charge in [0.1, 0.15) is 12.1 Å². The summed E-state index contributed by atoms with van der Waals surface area (Å²) in [5.41, 5.74) is 5.53. The largest absolute Gasteiger partial charge is 0.480 e. The number of nitrogens with two attached hydrogens (primary N) is 1. The Labute approximate surface area is 130 Å². The van der Waals surface area contributed by atoms with Gasteiger partial charge in [-0.15, -0.1) is 0 Å². The van der Waals surface area contributed by atoms with Crippen molar-refractivity contribution >= 4 is 12.1 Å².